The van der Waals surface area contributed by atoms with Crippen molar-refractivity contribution in [1.29, 1.82) is 0 Å². The van der Waals surface area contributed by atoms with Crippen molar-refractivity contribution in [1.82, 2.24) is 0 Å². The van der Waals surface area contributed by atoms with Crippen molar-refractivity contribution >= 4 is 5.97 Å². The second-order valence-corrected chi connectivity index (χ2v) is 3.06. The zero-order chi connectivity index (χ0) is 11.0. The van der Waals surface area contributed by atoms with Gasteiger partial charge in [-0.1, -0.05) is 0 Å². The molecule has 0 aromatic carbocycles. The molecule has 0 aromatic heterocycles. The molecule has 0 aliphatic carbocycles. The van der Waals surface area contributed by atoms with E-state index in [1.165, 1.54) is 6.92 Å². The average Bonchev–Trinajstić information content (AvgIpc) is 2.29. The number of halogens is 3. The van der Waals surface area contributed by atoms with E-state index in [0.29, 0.717) is 0 Å². The summed E-state index contributed by atoms with van der Waals surface area (Å²) in [5.74, 6) is -4.59. The Morgan fingerprint density at radius 3 is 2.50 bits per heavy atom. The summed E-state index contributed by atoms with van der Waals surface area (Å²) in [7, 11) is 0. The largest absolute Gasteiger partial charge is 0.481 e. The maximum absolute atomic E-state index is 12.4. The van der Waals surface area contributed by atoms with E-state index in [2.05, 4.69) is 9.47 Å². The van der Waals surface area contributed by atoms with Crippen molar-refractivity contribution in [2.75, 3.05) is 6.61 Å². The van der Waals surface area contributed by atoms with Crippen LogP contribution in [0.3, 0.4) is 0 Å². The van der Waals surface area contributed by atoms with E-state index in [9.17, 15) is 18.0 Å². The zero-order valence-electron chi connectivity index (χ0n) is 7.30. The lowest BCUT2D eigenvalue weighted by molar-refractivity contribution is -0.347. The predicted molar refractivity (Wildman–Crippen MR) is 37.5 cm³/mol. The Labute approximate surface area is 77.6 Å². The van der Waals surface area contributed by atoms with Gasteiger partial charge in [0.2, 0.25) is 0 Å². The fraction of sp³-hybridized carbons (Fsp3) is 0.857. The normalized spacial score (nSPS) is 33.3. The summed E-state index contributed by atoms with van der Waals surface area (Å²) in [4.78, 5) is 10.3. The third kappa shape index (κ3) is 1.98. The highest BCUT2D eigenvalue weighted by molar-refractivity contribution is 5.68. The highest BCUT2D eigenvalue weighted by atomic mass is 19.4. The van der Waals surface area contributed by atoms with Crippen molar-refractivity contribution in [3.8, 4) is 0 Å². The molecule has 1 N–H and O–H groups in total. The molecule has 82 valence electrons. The van der Waals surface area contributed by atoms with Gasteiger partial charge in [-0.2, -0.15) is 13.2 Å². The molecular formula is C7H9F3O4. The van der Waals surface area contributed by atoms with Gasteiger partial charge in [-0.15, -0.1) is 0 Å². The van der Waals surface area contributed by atoms with Crippen molar-refractivity contribution in [3.63, 3.8) is 0 Å². The molecule has 2 atom stereocenters. The van der Waals surface area contributed by atoms with Gasteiger partial charge in [0.15, 0.2) is 0 Å². The highest BCUT2D eigenvalue weighted by Crippen LogP contribution is 2.41. The Balaban J connectivity index is 2.86. The van der Waals surface area contributed by atoms with E-state index < -0.39 is 30.5 Å². The van der Waals surface area contributed by atoms with E-state index >= 15 is 0 Å². The maximum atomic E-state index is 12.4. The van der Waals surface area contributed by atoms with Crippen molar-refractivity contribution < 1.29 is 32.5 Å². The molecule has 1 rings (SSSR count). The molecule has 1 aliphatic heterocycles. The molecule has 1 fully saturated rings. The molecule has 1 aliphatic rings. The Bertz CT molecular complexity index is 240. The van der Waals surface area contributed by atoms with E-state index in [1.807, 2.05) is 0 Å². The Morgan fingerprint density at radius 2 is 2.21 bits per heavy atom. The van der Waals surface area contributed by atoms with Crippen LogP contribution in [0.15, 0.2) is 0 Å². The number of carboxylic acid groups (broad SMARTS) is 1. The summed E-state index contributed by atoms with van der Waals surface area (Å²) < 4.78 is 46.2. The second-order valence-electron chi connectivity index (χ2n) is 3.06. The number of hydrogen-bond acceptors (Lipinski definition) is 3. The quantitative estimate of drug-likeness (QED) is 0.749. The van der Waals surface area contributed by atoms with Gasteiger partial charge in [0.1, 0.15) is 6.42 Å². The Kier molecular flexibility index (Phi) is 2.73. The van der Waals surface area contributed by atoms with Crippen LogP contribution in [-0.2, 0) is 14.3 Å². The minimum absolute atomic E-state index is 0.257. The van der Waals surface area contributed by atoms with Gasteiger partial charge in [0, 0.05) is 0 Å². The first-order valence-corrected chi connectivity index (χ1v) is 3.87. The average molecular weight is 214 g/mol. The van der Waals surface area contributed by atoms with Crippen LogP contribution in [0.5, 0.6) is 0 Å². The number of aliphatic carboxylic acids is 1. The van der Waals surface area contributed by atoms with Gasteiger partial charge >= 0.3 is 12.1 Å². The number of carbonyl (C=O) groups is 1. The third-order valence-corrected chi connectivity index (χ3v) is 1.76. The minimum Gasteiger partial charge on any atom is -0.481 e. The number of alkyl halides is 3. The van der Waals surface area contributed by atoms with Gasteiger partial charge < -0.3 is 14.6 Å². The van der Waals surface area contributed by atoms with Crippen LogP contribution < -0.4 is 0 Å². The van der Waals surface area contributed by atoms with Crippen LogP contribution in [0.4, 0.5) is 13.2 Å². The molecule has 1 saturated heterocycles. The molecule has 7 heteroatoms. The monoisotopic (exact) mass is 214 g/mol. The van der Waals surface area contributed by atoms with Gasteiger partial charge in [0.05, 0.1) is 12.7 Å². The summed E-state index contributed by atoms with van der Waals surface area (Å²) in [6.07, 6.45) is -6.83. The molecular weight excluding hydrogens is 205 g/mol. The molecule has 4 nitrogen and oxygen atoms in total. The zero-order valence-corrected chi connectivity index (χ0v) is 7.30. The highest BCUT2D eigenvalue weighted by Gasteiger charge is 2.62. The topological polar surface area (TPSA) is 55.8 Å². The smallest absolute Gasteiger partial charge is 0.443 e. The van der Waals surface area contributed by atoms with Crippen LogP contribution in [0.25, 0.3) is 0 Å². The first-order valence-electron chi connectivity index (χ1n) is 3.87. The number of rotatable bonds is 2. The standard InChI is InChI=1S/C7H9F3O4/c1-4-3-13-6(14-4,2-5(11)12)7(8,9)10/h4H,2-3H2,1H3,(H,11,12). The van der Waals surface area contributed by atoms with E-state index in [-0.39, 0.29) is 6.61 Å². The number of hydrogen-bond donors (Lipinski definition) is 1. The maximum Gasteiger partial charge on any atom is 0.443 e. The summed E-state index contributed by atoms with van der Waals surface area (Å²) in [5, 5.41) is 8.33. The van der Waals surface area contributed by atoms with Crippen molar-refractivity contribution in [2.45, 2.75) is 31.4 Å². The first-order chi connectivity index (χ1) is 6.27. The first kappa shape index (κ1) is 11.3. The van der Waals surface area contributed by atoms with Gasteiger partial charge in [-0.05, 0) is 6.92 Å². The summed E-state index contributed by atoms with van der Waals surface area (Å²) in [6, 6.07) is 0. The lowest BCUT2D eigenvalue weighted by Gasteiger charge is -2.28. The molecule has 0 amide bonds. The summed E-state index contributed by atoms with van der Waals surface area (Å²) in [6.45, 7) is 1.13. The molecule has 1 heterocycles. The van der Waals surface area contributed by atoms with Crippen molar-refractivity contribution in [2.24, 2.45) is 0 Å². The van der Waals surface area contributed by atoms with E-state index in [1.54, 1.807) is 0 Å². The number of carboxylic acids is 1. The van der Waals surface area contributed by atoms with Gasteiger partial charge in [0.25, 0.3) is 5.79 Å². The van der Waals surface area contributed by atoms with Crippen LogP contribution in [0.2, 0.25) is 0 Å². The van der Waals surface area contributed by atoms with Crippen LogP contribution in [0.1, 0.15) is 13.3 Å². The lowest BCUT2D eigenvalue weighted by atomic mass is 10.2. The number of ether oxygens (including phenoxy) is 2. The van der Waals surface area contributed by atoms with E-state index in [4.69, 9.17) is 5.11 Å². The Hall–Kier alpha value is -0.820. The molecule has 0 bridgehead atoms. The Morgan fingerprint density at radius 1 is 1.64 bits per heavy atom. The van der Waals surface area contributed by atoms with Crippen molar-refractivity contribution in [3.05, 3.63) is 0 Å². The van der Waals surface area contributed by atoms with Gasteiger partial charge in [-0.3, -0.25) is 4.79 Å². The third-order valence-electron chi connectivity index (χ3n) is 1.76. The molecule has 0 aromatic rings. The lowest BCUT2D eigenvalue weighted by Crippen LogP contribution is -2.48. The fourth-order valence-electron chi connectivity index (χ4n) is 1.19. The summed E-state index contributed by atoms with van der Waals surface area (Å²) >= 11 is 0. The van der Waals surface area contributed by atoms with Crippen LogP contribution in [-0.4, -0.2) is 35.8 Å². The SMILES string of the molecule is CC1COC(CC(=O)O)(C(F)(F)F)O1. The fourth-order valence-corrected chi connectivity index (χ4v) is 1.19. The van der Waals surface area contributed by atoms with Crippen LogP contribution >= 0.6 is 0 Å². The molecule has 0 spiro atoms. The van der Waals surface area contributed by atoms with E-state index in [0.717, 1.165) is 0 Å². The predicted octanol–water partition coefficient (Wildman–Crippen LogP) is 1.15. The molecule has 2 unspecified atom stereocenters. The summed E-state index contributed by atoms with van der Waals surface area (Å²) in [5.41, 5.74) is 0. The van der Waals surface area contributed by atoms with Crippen LogP contribution in [0, 0.1) is 0 Å². The molecule has 0 radical (unpaired) electrons. The van der Waals surface area contributed by atoms with Gasteiger partial charge in [-0.25, -0.2) is 0 Å². The second kappa shape index (κ2) is 3.39. The molecule has 14 heavy (non-hydrogen) atoms. The molecule has 0 saturated carbocycles. The minimum atomic E-state index is -4.84.